The molecule has 1 aromatic heterocycles. The van der Waals surface area contributed by atoms with E-state index in [1.807, 2.05) is 6.20 Å². The molecule has 2 heterocycles. The van der Waals surface area contributed by atoms with Crippen LogP contribution in [0.1, 0.15) is 36.6 Å². The van der Waals surface area contributed by atoms with Crippen molar-refractivity contribution in [2.75, 3.05) is 6.54 Å². The second kappa shape index (κ2) is 3.35. The van der Waals surface area contributed by atoms with E-state index < -0.39 is 0 Å². The molecule has 2 heteroatoms. The topological polar surface area (TPSA) is 24.9 Å². The Bertz CT molecular complexity index is 335. The lowest BCUT2D eigenvalue weighted by molar-refractivity contribution is 0.249. The minimum atomic E-state index is 0.550. The Morgan fingerprint density at radius 2 is 2.36 bits per heavy atom. The van der Waals surface area contributed by atoms with E-state index in [1.54, 1.807) is 0 Å². The molecule has 2 nitrogen and oxygen atoms in total. The minimum absolute atomic E-state index is 0.550. The number of fused-ring (bicyclic) bond motifs is 3. The largest absolute Gasteiger partial charge is 0.308 e. The highest BCUT2D eigenvalue weighted by atomic mass is 15.0. The van der Waals surface area contributed by atoms with Gasteiger partial charge in [0.15, 0.2) is 0 Å². The SMILES string of the molecule is c1cnc2c(c1)CCC1CCCN[C@H]21. The van der Waals surface area contributed by atoms with E-state index in [2.05, 4.69) is 22.4 Å². The van der Waals surface area contributed by atoms with Crippen molar-refractivity contribution in [1.29, 1.82) is 0 Å². The second-order valence-corrected chi connectivity index (χ2v) is 4.42. The number of nitrogens with one attached hydrogen (secondary N) is 1. The summed E-state index contributed by atoms with van der Waals surface area (Å²) in [4.78, 5) is 4.54. The molecule has 1 saturated heterocycles. The van der Waals surface area contributed by atoms with Crippen molar-refractivity contribution in [1.82, 2.24) is 10.3 Å². The van der Waals surface area contributed by atoms with Gasteiger partial charge < -0.3 is 5.32 Å². The number of rotatable bonds is 0. The molecule has 1 aromatic rings. The average molecular weight is 188 g/mol. The van der Waals surface area contributed by atoms with Crippen LogP contribution in [-0.2, 0) is 6.42 Å². The summed E-state index contributed by atoms with van der Waals surface area (Å²) in [5, 5.41) is 3.61. The Kier molecular flexibility index (Phi) is 2.02. The lowest BCUT2D eigenvalue weighted by Crippen LogP contribution is -2.37. The fourth-order valence-electron chi connectivity index (χ4n) is 2.87. The molecule has 0 amide bonds. The van der Waals surface area contributed by atoms with Gasteiger partial charge in [0.1, 0.15) is 0 Å². The Morgan fingerprint density at radius 1 is 1.36 bits per heavy atom. The van der Waals surface area contributed by atoms with Crippen molar-refractivity contribution < 1.29 is 0 Å². The maximum absolute atomic E-state index is 4.54. The first-order valence-electron chi connectivity index (χ1n) is 5.62. The standard InChI is InChI=1S/C12H16N2/c1-3-9-5-6-10-4-2-8-14-12(10)11(9)13-7-1/h1,3,7,10,12,14H,2,4-6,8H2/t10?,12-/m0/s1. The summed E-state index contributed by atoms with van der Waals surface area (Å²) in [5.74, 6) is 0.839. The third-order valence-electron chi connectivity index (χ3n) is 3.59. The summed E-state index contributed by atoms with van der Waals surface area (Å²) < 4.78 is 0. The Morgan fingerprint density at radius 3 is 3.36 bits per heavy atom. The molecule has 1 N–H and O–H groups in total. The molecule has 1 fully saturated rings. The molecule has 3 rings (SSSR count). The average Bonchev–Trinajstić information content (AvgIpc) is 2.29. The van der Waals surface area contributed by atoms with E-state index in [0.29, 0.717) is 6.04 Å². The molecule has 2 atom stereocenters. The first-order chi connectivity index (χ1) is 6.95. The molecular weight excluding hydrogens is 172 g/mol. The number of piperidine rings is 1. The molecule has 0 aromatic carbocycles. The number of aryl methyl sites for hydroxylation is 1. The van der Waals surface area contributed by atoms with Crippen molar-refractivity contribution in [2.24, 2.45) is 5.92 Å². The third-order valence-corrected chi connectivity index (χ3v) is 3.59. The van der Waals surface area contributed by atoms with Gasteiger partial charge in [0.05, 0.1) is 11.7 Å². The van der Waals surface area contributed by atoms with Crippen LogP contribution in [0.5, 0.6) is 0 Å². The maximum Gasteiger partial charge on any atom is 0.0607 e. The van der Waals surface area contributed by atoms with E-state index >= 15 is 0 Å². The van der Waals surface area contributed by atoms with Crippen molar-refractivity contribution in [2.45, 2.75) is 31.7 Å². The second-order valence-electron chi connectivity index (χ2n) is 4.42. The van der Waals surface area contributed by atoms with E-state index in [9.17, 15) is 0 Å². The van der Waals surface area contributed by atoms with Crippen molar-refractivity contribution in [3.05, 3.63) is 29.6 Å². The first-order valence-corrected chi connectivity index (χ1v) is 5.62. The summed E-state index contributed by atoms with van der Waals surface area (Å²) in [6.07, 6.45) is 7.22. The molecule has 2 aliphatic rings. The fraction of sp³-hybridized carbons (Fsp3) is 0.583. The summed E-state index contributed by atoms with van der Waals surface area (Å²) in [5.41, 5.74) is 2.78. The monoisotopic (exact) mass is 188 g/mol. The number of pyridine rings is 1. The zero-order chi connectivity index (χ0) is 9.38. The molecule has 0 radical (unpaired) electrons. The van der Waals surface area contributed by atoms with E-state index in [4.69, 9.17) is 0 Å². The molecule has 0 bridgehead atoms. The number of aromatic nitrogens is 1. The van der Waals surface area contributed by atoms with Crippen LogP contribution in [0, 0.1) is 5.92 Å². The molecule has 0 spiro atoms. The Labute approximate surface area is 84.7 Å². The van der Waals surface area contributed by atoms with Gasteiger partial charge in [-0.3, -0.25) is 4.98 Å². The van der Waals surface area contributed by atoms with Gasteiger partial charge in [0, 0.05) is 6.20 Å². The molecular formula is C12H16N2. The maximum atomic E-state index is 4.54. The van der Waals surface area contributed by atoms with Crippen LogP contribution in [0.2, 0.25) is 0 Å². The Hall–Kier alpha value is -0.890. The molecule has 0 saturated carbocycles. The van der Waals surface area contributed by atoms with Crippen molar-refractivity contribution in [3.63, 3.8) is 0 Å². The molecule has 74 valence electrons. The van der Waals surface area contributed by atoms with Crippen LogP contribution in [0.25, 0.3) is 0 Å². The van der Waals surface area contributed by atoms with E-state index in [0.717, 1.165) is 12.5 Å². The predicted molar refractivity (Wildman–Crippen MR) is 56.0 cm³/mol. The molecule has 1 aliphatic heterocycles. The summed E-state index contributed by atoms with van der Waals surface area (Å²) in [6, 6.07) is 4.84. The zero-order valence-electron chi connectivity index (χ0n) is 8.37. The van der Waals surface area contributed by atoms with Gasteiger partial charge in [0.25, 0.3) is 0 Å². The number of hydrogen-bond acceptors (Lipinski definition) is 2. The van der Waals surface area contributed by atoms with E-state index in [-0.39, 0.29) is 0 Å². The van der Waals surface area contributed by atoms with Gasteiger partial charge >= 0.3 is 0 Å². The summed E-state index contributed by atoms with van der Waals surface area (Å²) >= 11 is 0. The lowest BCUT2D eigenvalue weighted by atomic mass is 9.78. The summed E-state index contributed by atoms with van der Waals surface area (Å²) in [7, 11) is 0. The zero-order valence-corrected chi connectivity index (χ0v) is 8.37. The van der Waals surface area contributed by atoms with Crippen molar-refractivity contribution >= 4 is 0 Å². The first kappa shape index (κ1) is 8.42. The quantitative estimate of drug-likeness (QED) is 0.674. The highest BCUT2D eigenvalue weighted by molar-refractivity contribution is 5.26. The molecule has 1 unspecified atom stereocenters. The van der Waals surface area contributed by atoms with Crippen LogP contribution in [0.4, 0.5) is 0 Å². The summed E-state index contributed by atoms with van der Waals surface area (Å²) in [6.45, 7) is 1.16. The minimum Gasteiger partial charge on any atom is -0.308 e. The van der Waals surface area contributed by atoms with Crippen LogP contribution >= 0.6 is 0 Å². The fourth-order valence-corrected chi connectivity index (χ4v) is 2.87. The molecule has 14 heavy (non-hydrogen) atoms. The van der Waals surface area contributed by atoms with Gasteiger partial charge in [-0.1, -0.05) is 6.07 Å². The highest BCUT2D eigenvalue weighted by Gasteiger charge is 2.31. The Balaban J connectivity index is 1.99. The van der Waals surface area contributed by atoms with Gasteiger partial charge in [-0.05, 0) is 49.8 Å². The highest BCUT2D eigenvalue weighted by Crippen LogP contribution is 2.37. The van der Waals surface area contributed by atoms with Crippen LogP contribution in [0.15, 0.2) is 18.3 Å². The van der Waals surface area contributed by atoms with Gasteiger partial charge in [-0.2, -0.15) is 0 Å². The van der Waals surface area contributed by atoms with Crippen LogP contribution in [0.3, 0.4) is 0 Å². The van der Waals surface area contributed by atoms with Crippen LogP contribution in [-0.4, -0.2) is 11.5 Å². The van der Waals surface area contributed by atoms with Crippen LogP contribution < -0.4 is 5.32 Å². The number of nitrogens with zero attached hydrogens (tertiary/aromatic N) is 1. The van der Waals surface area contributed by atoms with Gasteiger partial charge in [-0.25, -0.2) is 0 Å². The smallest absolute Gasteiger partial charge is 0.0607 e. The van der Waals surface area contributed by atoms with Gasteiger partial charge in [-0.15, -0.1) is 0 Å². The van der Waals surface area contributed by atoms with Gasteiger partial charge in [0.2, 0.25) is 0 Å². The van der Waals surface area contributed by atoms with E-state index in [1.165, 1.54) is 36.9 Å². The molecule has 1 aliphatic carbocycles. The normalized spacial score (nSPS) is 30.6. The third kappa shape index (κ3) is 1.25. The lowest BCUT2D eigenvalue weighted by Gasteiger charge is -2.36. The predicted octanol–water partition coefficient (Wildman–Crippen LogP) is 2.07. The number of hydrogen-bond donors (Lipinski definition) is 1. The van der Waals surface area contributed by atoms with Crippen molar-refractivity contribution in [3.8, 4) is 0 Å².